The lowest BCUT2D eigenvalue weighted by atomic mass is 9.87. The average Bonchev–Trinajstić information content (AvgIpc) is 4.13. The number of methoxy groups -OCH3 is 2. The van der Waals surface area contributed by atoms with E-state index in [1.54, 1.807) is 7.11 Å². The standard InChI is InChI=1S/C55H62N8O6/c1-7-22-62(54(66)47(61-52(64)33-12-13-33)38-11-9-10-32(23-38)29-68-5)28-46-57-43-20-16-36-24-34(14-18-39(36)48(43)59-46)35-15-19-40-37(25-35)17-21-44-49(40)60-51(58-44)45-26-41-31(4)50(41)63(45)53(65)42(30(3)8-2)27-56-55(67)69-6/h9-11,14-21,24-25,27,30-31,33,38,41-42,45,47,50H,7-8,12-13,22-23,26,28-29H2,1-6H3,(H,57,59)(H,58,60)(H,61,64)/t30-,31+,38?,41-,42?,45-,47+,50+/m0/s1. The highest BCUT2D eigenvalue weighted by atomic mass is 16.5. The first-order chi connectivity index (χ1) is 33.5. The van der Waals surface area contributed by atoms with Crippen LogP contribution >= 0.6 is 0 Å². The second-order valence-corrected chi connectivity index (χ2v) is 19.8. The minimum atomic E-state index is -0.712. The molecule has 1 saturated heterocycles. The van der Waals surface area contributed by atoms with Gasteiger partial charge in [-0.1, -0.05) is 88.7 Å². The number of fused-ring (bicyclic) bond motifs is 7. The van der Waals surface area contributed by atoms with Crippen LogP contribution < -0.4 is 5.32 Å². The van der Waals surface area contributed by atoms with Gasteiger partial charge in [0.15, 0.2) is 0 Å². The van der Waals surface area contributed by atoms with Crippen LogP contribution in [0, 0.1) is 35.5 Å². The number of rotatable bonds is 16. The molecule has 69 heavy (non-hydrogen) atoms. The lowest BCUT2D eigenvalue weighted by Crippen LogP contribution is -2.52. The van der Waals surface area contributed by atoms with Gasteiger partial charge in [-0.25, -0.2) is 14.8 Å². The van der Waals surface area contributed by atoms with Crippen LogP contribution in [-0.4, -0.2) is 99.2 Å². The molecule has 0 spiro atoms. The summed E-state index contributed by atoms with van der Waals surface area (Å²) in [7, 11) is 2.96. The lowest BCUT2D eigenvalue weighted by molar-refractivity contribution is -0.138. The Kier molecular flexibility index (Phi) is 12.7. The Labute approximate surface area is 402 Å². The highest BCUT2D eigenvalue weighted by Crippen LogP contribution is 2.58. The molecule has 2 unspecified atom stereocenters. The van der Waals surface area contributed by atoms with Crippen LogP contribution in [0.15, 0.2) is 89.5 Å². The van der Waals surface area contributed by atoms with E-state index in [1.807, 2.05) is 41.9 Å². The quantitative estimate of drug-likeness (QED) is 0.0805. The number of likely N-dealkylation sites (tertiary alicyclic amines) is 1. The number of allylic oxidation sites excluding steroid dienone is 2. The second-order valence-electron chi connectivity index (χ2n) is 19.8. The van der Waals surface area contributed by atoms with E-state index in [0.29, 0.717) is 43.8 Å². The molecule has 10 rings (SSSR count). The number of aromatic amines is 2. The van der Waals surface area contributed by atoms with Crippen molar-refractivity contribution >= 4 is 73.6 Å². The zero-order valence-electron chi connectivity index (χ0n) is 40.3. The van der Waals surface area contributed by atoms with E-state index >= 15 is 0 Å². The summed E-state index contributed by atoms with van der Waals surface area (Å²) in [6, 6.07) is 20.5. The number of nitrogens with one attached hydrogen (secondary N) is 3. The summed E-state index contributed by atoms with van der Waals surface area (Å²) in [5, 5.41) is 7.29. The number of amides is 4. The Morgan fingerprint density at radius 3 is 2.29 bits per heavy atom. The van der Waals surface area contributed by atoms with Gasteiger partial charge >= 0.3 is 6.09 Å². The number of carbonyl (C=O) groups is 4. The van der Waals surface area contributed by atoms with Crippen molar-refractivity contribution in [2.24, 2.45) is 40.5 Å². The molecule has 0 bridgehead atoms. The molecule has 4 aromatic carbocycles. The predicted molar refractivity (Wildman–Crippen MR) is 268 cm³/mol. The van der Waals surface area contributed by atoms with Crippen molar-refractivity contribution in [3.05, 3.63) is 96.1 Å². The van der Waals surface area contributed by atoms with Crippen LogP contribution in [-0.2, 0) is 30.4 Å². The monoisotopic (exact) mass is 930 g/mol. The minimum absolute atomic E-state index is 0.00777. The fraction of sp³-hybridized carbons (Fsp3) is 0.436. The van der Waals surface area contributed by atoms with Crippen LogP contribution in [0.25, 0.3) is 54.7 Å². The molecule has 3 heterocycles. The molecule has 3 fully saturated rings. The van der Waals surface area contributed by atoms with Gasteiger partial charge < -0.3 is 34.6 Å². The normalized spacial score (nSPS) is 22.3. The summed E-state index contributed by atoms with van der Waals surface area (Å²) in [4.78, 5) is 79.1. The van der Waals surface area contributed by atoms with Crippen molar-refractivity contribution in [2.45, 2.75) is 90.9 Å². The number of imidazole rings is 2. The maximum Gasteiger partial charge on any atom is 0.432 e. The Bertz CT molecular complexity index is 3070. The number of piperidine rings is 1. The van der Waals surface area contributed by atoms with E-state index in [4.69, 9.17) is 19.4 Å². The molecule has 4 aliphatic rings. The van der Waals surface area contributed by atoms with E-state index < -0.39 is 18.1 Å². The summed E-state index contributed by atoms with van der Waals surface area (Å²) in [6.45, 7) is 9.63. The number of nitrogens with zero attached hydrogens (tertiary/aromatic N) is 5. The van der Waals surface area contributed by atoms with Crippen LogP contribution in [0.1, 0.15) is 83.9 Å². The molecule has 3 N–H and O–H groups in total. The van der Waals surface area contributed by atoms with Crippen LogP contribution in [0.2, 0.25) is 0 Å². The first-order valence-electron chi connectivity index (χ1n) is 24.7. The molecule has 0 radical (unpaired) electrons. The molecule has 2 saturated carbocycles. The van der Waals surface area contributed by atoms with E-state index in [0.717, 1.165) is 98.2 Å². The highest BCUT2D eigenvalue weighted by Gasteiger charge is 2.61. The summed E-state index contributed by atoms with van der Waals surface area (Å²) in [6.07, 6.45) is 11.5. The fourth-order valence-electron chi connectivity index (χ4n) is 11.0. The SMILES string of the molecule is CCCN(Cc1nc2c(ccc3cc(-c4ccc5c(ccc6[nH]c([C@@H]7C[C@H]8[C@@H](C)[C@H]8N7C(=O)C(C=NC(=O)OC)[C@@H](C)CC)nc65)c4)ccc32)[nH]1)C(=O)[C@H](NC(=O)C1CC1)C1C=CC=C(COC)C1. The molecular weight excluding hydrogens is 869 g/mol. The van der Waals surface area contributed by atoms with Crippen molar-refractivity contribution in [1.82, 2.24) is 35.1 Å². The van der Waals surface area contributed by atoms with E-state index in [1.165, 1.54) is 13.3 Å². The van der Waals surface area contributed by atoms with Gasteiger partial charge in [-0.15, -0.1) is 0 Å². The third-order valence-electron chi connectivity index (χ3n) is 15.2. The van der Waals surface area contributed by atoms with Gasteiger partial charge in [-0.05, 0) is 102 Å². The van der Waals surface area contributed by atoms with Gasteiger partial charge in [0.05, 0.1) is 54.3 Å². The van der Waals surface area contributed by atoms with Crippen LogP contribution in [0.3, 0.4) is 0 Å². The molecule has 14 nitrogen and oxygen atoms in total. The first-order valence-corrected chi connectivity index (χ1v) is 24.7. The van der Waals surface area contributed by atoms with Crippen molar-refractivity contribution in [1.29, 1.82) is 0 Å². The number of H-pyrrole nitrogens is 2. The third kappa shape index (κ3) is 8.95. The smallest absolute Gasteiger partial charge is 0.432 e. The van der Waals surface area contributed by atoms with Crippen molar-refractivity contribution in [3.8, 4) is 11.1 Å². The van der Waals surface area contributed by atoms with Crippen LogP contribution in [0.4, 0.5) is 4.79 Å². The maximum atomic E-state index is 14.5. The van der Waals surface area contributed by atoms with Crippen molar-refractivity contribution < 1.29 is 28.7 Å². The Morgan fingerprint density at radius 1 is 0.942 bits per heavy atom. The zero-order chi connectivity index (χ0) is 48.1. The number of aromatic nitrogens is 4. The van der Waals surface area contributed by atoms with E-state index in [-0.39, 0.29) is 47.6 Å². The molecule has 6 aromatic rings. The minimum Gasteiger partial charge on any atom is -0.451 e. The Morgan fingerprint density at radius 2 is 1.64 bits per heavy atom. The largest absolute Gasteiger partial charge is 0.451 e. The van der Waals surface area contributed by atoms with E-state index in [2.05, 4.69) is 94.8 Å². The van der Waals surface area contributed by atoms with Gasteiger partial charge in [-0.3, -0.25) is 14.4 Å². The van der Waals surface area contributed by atoms with Crippen molar-refractivity contribution in [3.63, 3.8) is 0 Å². The average molecular weight is 931 g/mol. The lowest BCUT2D eigenvalue weighted by Gasteiger charge is -2.32. The fourth-order valence-corrected chi connectivity index (χ4v) is 11.0. The molecule has 14 heteroatoms. The maximum absolute atomic E-state index is 14.5. The molecule has 358 valence electrons. The van der Waals surface area contributed by atoms with Gasteiger partial charge in [0.2, 0.25) is 17.7 Å². The van der Waals surface area contributed by atoms with Crippen LogP contribution in [0.5, 0.6) is 0 Å². The topological polar surface area (TPSA) is 175 Å². The molecule has 1 aliphatic heterocycles. The van der Waals surface area contributed by atoms with Gasteiger partial charge in [-0.2, -0.15) is 4.99 Å². The molecule has 8 atom stereocenters. The zero-order valence-corrected chi connectivity index (χ0v) is 40.3. The summed E-state index contributed by atoms with van der Waals surface area (Å²) < 4.78 is 10.2. The van der Waals surface area contributed by atoms with Gasteiger partial charge in [0, 0.05) is 48.5 Å². The number of aliphatic imine (C=N–C) groups is 1. The Balaban J connectivity index is 0.890. The number of hydrogen-bond acceptors (Lipinski definition) is 8. The number of carbonyl (C=O) groups excluding carboxylic acids is 4. The summed E-state index contributed by atoms with van der Waals surface area (Å²) in [5.41, 5.74) is 6.76. The molecule has 4 amide bonds. The van der Waals surface area contributed by atoms with E-state index in [9.17, 15) is 19.2 Å². The second kappa shape index (κ2) is 19.0. The Hall–Kier alpha value is -6.67. The number of hydrogen-bond donors (Lipinski definition) is 3. The number of benzene rings is 4. The van der Waals surface area contributed by atoms with Gasteiger partial charge in [0.25, 0.3) is 0 Å². The summed E-state index contributed by atoms with van der Waals surface area (Å²) in [5.74, 6) is 1.36. The highest BCUT2D eigenvalue weighted by molar-refractivity contribution is 6.08. The number of ether oxygens (including phenoxy) is 2. The molecule has 3 aliphatic carbocycles. The molecule has 2 aromatic heterocycles. The predicted octanol–water partition coefficient (Wildman–Crippen LogP) is 9.60. The third-order valence-corrected chi connectivity index (χ3v) is 15.2. The molecular formula is C55H62N8O6. The summed E-state index contributed by atoms with van der Waals surface area (Å²) >= 11 is 0. The first kappa shape index (κ1) is 46.1. The van der Waals surface area contributed by atoms with Crippen molar-refractivity contribution in [2.75, 3.05) is 27.4 Å². The van der Waals surface area contributed by atoms with Gasteiger partial charge in [0.1, 0.15) is 17.7 Å².